The fraction of sp³-hybridized carbons (Fsp3) is 0.312. The Morgan fingerprint density at radius 2 is 1.31 bits per heavy atom. The molecule has 2 heterocycles. The van der Waals surface area contributed by atoms with E-state index in [-0.39, 0.29) is 17.3 Å². The molecule has 202 valence electrons. The molecule has 0 atom stereocenters. The molecule has 0 aliphatic carbocycles. The minimum atomic E-state index is -0.163. The third-order valence-electron chi connectivity index (χ3n) is 7.48. The fourth-order valence-electron chi connectivity index (χ4n) is 5.33. The monoisotopic (exact) mass is 526 g/mol. The average Bonchev–Trinajstić information content (AvgIpc) is 2.96. The van der Waals surface area contributed by atoms with E-state index in [9.17, 15) is 9.59 Å². The van der Waals surface area contributed by atoms with Gasteiger partial charge in [0.2, 0.25) is 11.8 Å². The lowest BCUT2D eigenvalue weighted by Crippen LogP contribution is -2.29. The van der Waals surface area contributed by atoms with Crippen LogP contribution in [0, 0.1) is 0 Å². The van der Waals surface area contributed by atoms with Crippen molar-refractivity contribution >= 4 is 44.5 Å². The molecule has 0 N–H and O–H groups in total. The number of hydrogen-bond donors (Lipinski definition) is 0. The number of methoxy groups -OCH3 is 1. The van der Waals surface area contributed by atoms with E-state index in [0.717, 1.165) is 10.8 Å². The smallest absolute Gasteiger partial charge is 0.203 e. The molecular weight excluding hydrogens is 492 g/mol. The standard InChI is InChI=1S/C32H34N2O5/c1-6-33(7-2)31-24(29(35)23-16-15-21(37-5)18-27(23)39-31)19-25-30(36)28-22-13-11-10-12-20(22)14-17-26(28)38-32(25)34(8-3)9-4/h10-18H,6-9,19H2,1-5H3. The first kappa shape index (κ1) is 26.4. The molecule has 0 saturated carbocycles. The molecule has 0 saturated heterocycles. The van der Waals surface area contributed by atoms with Crippen LogP contribution in [0.5, 0.6) is 5.75 Å². The largest absolute Gasteiger partial charge is 0.497 e. The summed E-state index contributed by atoms with van der Waals surface area (Å²) in [6.45, 7) is 10.7. The molecule has 3 aromatic carbocycles. The fourth-order valence-corrected chi connectivity index (χ4v) is 5.33. The van der Waals surface area contributed by atoms with E-state index in [2.05, 4.69) is 0 Å². The van der Waals surface area contributed by atoms with E-state index in [1.807, 2.05) is 73.9 Å². The van der Waals surface area contributed by atoms with Crippen LogP contribution in [-0.4, -0.2) is 33.3 Å². The first-order valence-electron chi connectivity index (χ1n) is 13.6. The zero-order chi connectivity index (χ0) is 27.7. The Morgan fingerprint density at radius 3 is 1.95 bits per heavy atom. The van der Waals surface area contributed by atoms with Crippen molar-refractivity contribution in [3.8, 4) is 5.75 Å². The molecule has 7 nitrogen and oxygen atoms in total. The maximum absolute atomic E-state index is 14.3. The molecule has 5 rings (SSSR count). The van der Waals surface area contributed by atoms with Crippen LogP contribution in [-0.2, 0) is 6.42 Å². The number of benzene rings is 3. The van der Waals surface area contributed by atoms with E-state index in [1.165, 1.54) is 0 Å². The van der Waals surface area contributed by atoms with Gasteiger partial charge in [-0.3, -0.25) is 9.59 Å². The van der Waals surface area contributed by atoms with Gasteiger partial charge in [-0.15, -0.1) is 0 Å². The maximum atomic E-state index is 14.3. The number of anilines is 2. The first-order chi connectivity index (χ1) is 18.9. The molecule has 0 aliphatic heterocycles. The second-order valence-electron chi connectivity index (χ2n) is 9.47. The van der Waals surface area contributed by atoms with Gasteiger partial charge in [0.15, 0.2) is 10.9 Å². The lowest BCUT2D eigenvalue weighted by molar-refractivity contribution is 0.414. The molecule has 0 amide bonds. The Hall–Kier alpha value is -4.26. The Labute approximate surface area is 227 Å². The van der Waals surface area contributed by atoms with E-state index in [1.54, 1.807) is 25.3 Å². The van der Waals surface area contributed by atoms with Gasteiger partial charge >= 0.3 is 0 Å². The molecule has 0 spiro atoms. The number of fused-ring (bicyclic) bond motifs is 4. The average molecular weight is 527 g/mol. The highest BCUT2D eigenvalue weighted by atomic mass is 16.5. The summed E-state index contributed by atoms with van der Waals surface area (Å²) in [5.41, 5.74) is 1.59. The minimum absolute atomic E-state index is 0.0868. The number of rotatable bonds is 9. The molecule has 0 radical (unpaired) electrons. The third kappa shape index (κ3) is 4.52. The Kier molecular flexibility index (Phi) is 7.33. The van der Waals surface area contributed by atoms with Crippen LogP contribution in [0.1, 0.15) is 38.8 Å². The summed E-state index contributed by atoms with van der Waals surface area (Å²) in [4.78, 5) is 32.4. The van der Waals surface area contributed by atoms with Crippen LogP contribution in [0.15, 0.2) is 73.0 Å². The van der Waals surface area contributed by atoms with Crippen molar-refractivity contribution in [2.24, 2.45) is 0 Å². The van der Waals surface area contributed by atoms with Gasteiger partial charge in [0.05, 0.1) is 29.0 Å². The van der Waals surface area contributed by atoms with Crippen molar-refractivity contribution in [3.63, 3.8) is 0 Å². The van der Waals surface area contributed by atoms with Crippen molar-refractivity contribution < 1.29 is 13.6 Å². The summed E-state index contributed by atoms with van der Waals surface area (Å²) in [6.07, 6.45) is 0.0868. The summed E-state index contributed by atoms with van der Waals surface area (Å²) in [5.74, 6) is 1.57. The van der Waals surface area contributed by atoms with Crippen LogP contribution in [0.25, 0.3) is 32.7 Å². The normalized spacial score (nSPS) is 11.4. The van der Waals surface area contributed by atoms with Crippen molar-refractivity contribution in [1.82, 2.24) is 0 Å². The second-order valence-corrected chi connectivity index (χ2v) is 9.47. The van der Waals surface area contributed by atoms with Crippen molar-refractivity contribution in [2.75, 3.05) is 43.1 Å². The highest BCUT2D eigenvalue weighted by molar-refractivity contribution is 6.05. The van der Waals surface area contributed by atoms with Crippen molar-refractivity contribution in [3.05, 3.63) is 86.2 Å². The van der Waals surface area contributed by atoms with Crippen LogP contribution in [0.4, 0.5) is 11.8 Å². The number of hydrogen-bond acceptors (Lipinski definition) is 7. The Morgan fingerprint density at radius 1 is 0.692 bits per heavy atom. The molecule has 0 bridgehead atoms. The Balaban J connectivity index is 1.84. The van der Waals surface area contributed by atoms with Crippen LogP contribution < -0.4 is 25.4 Å². The van der Waals surface area contributed by atoms with Gasteiger partial charge in [-0.2, -0.15) is 0 Å². The highest BCUT2D eigenvalue weighted by Crippen LogP contribution is 2.33. The topological polar surface area (TPSA) is 76.1 Å². The van der Waals surface area contributed by atoms with Gasteiger partial charge in [0.25, 0.3) is 0 Å². The maximum Gasteiger partial charge on any atom is 0.203 e. The van der Waals surface area contributed by atoms with Gasteiger partial charge in [0.1, 0.15) is 16.9 Å². The van der Waals surface area contributed by atoms with Gasteiger partial charge in [0, 0.05) is 38.7 Å². The molecule has 0 aliphatic rings. The Bertz CT molecular complexity index is 1780. The van der Waals surface area contributed by atoms with E-state index < -0.39 is 0 Å². The summed E-state index contributed by atoms with van der Waals surface area (Å²) in [5, 5.41) is 2.76. The van der Waals surface area contributed by atoms with Gasteiger partial charge in [-0.25, -0.2) is 0 Å². The lowest BCUT2D eigenvalue weighted by Gasteiger charge is -2.25. The van der Waals surface area contributed by atoms with E-state index >= 15 is 0 Å². The van der Waals surface area contributed by atoms with Crippen LogP contribution in [0.2, 0.25) is 0 Å². The summed E-state index contributed by atoms with van der Waals surface area (Å²) in [6, 6.07) is 16.8. The molecule has 5 aromatic rings. The molecule has 2 aromatic heterocycles. The van der Waals surface area contributed by atoms with Gasteiger partial charge < -0.3 is 23.4 Å². The molecule has 0 unspecified atom stereocenters. The molecule has 39 heavy (non-hydrogen) atoms. The predicted molar refractivity (Wildman–Crippen MR) is 159 cm³/mol. The zero-order valence-corrected chi connectivity index (χ0v) is 23.2. The first-order valence-corrected chi connectivity index (χ1v) is 13.6. The number of nitrogens with zero attached hydrogens (tertiary/aromatic N) is 2. The molecule has 7 heteroatoms. The second kappa shape index (κ2) is 10.8. The van der Waals surface area contributed by atoms with E-state index in [0.29, 0.717) is 76.8 Å². The quantitative estimate of drug-likeness (QED) is 0.207. The highest BCUT2D eigenvalue weighted by Gasteiger charge is 2.25. The number of ether oxygens (including phenoxy) is 1. The van der Waals surface area contributed by atoms with Crippen LogP contribution in [0.3, 0.4) is 0 Å². The SMILES string of the molecule is CCN(CC)c1oc2cc(OC)ccc2c(=O)c1Cc1c(N(CC)CC)oc2ccc3ccccc3c2c1=O. The lowest BCUT2D eigenvalue weighted by atomic mass is 9.99. The van der Waals surface area contributed by atoms with Gasteiger partial charge in [-0.05, 0) is 56.7 Å². The third-order valence-corrected chi connectivity index (χ3v) is 7.48. The molecule has 0 fully saturated rings. The minimum Gasteiger partial charge on any atom is -0.497 e. The molecular formula is C32H34N2O5. The van der Waals surface area contributed by atoms with Gasteiger partial charge in [-0.1, -0.05) is 30.3 Å². The van der Waals surface area contributed by atoms with E-state index in [4.69, 9.17) is 13.6 Å². The predicted octanol–water partition coefficient (Wildman–Crippen LogP) is 6.34. The summed E-state index contributed by atoms with van der Waals surface area (Å²) >= 11 is 0. The summed E-state index contributed by atoms with van der Waals surface area (Å²) < 4.78 is 18.2. The zero-order valence-electron chi connectivity index (χ0n) is 23.2. The van der Waals surface area contributed by atoms with Crippen LogP contribution >= 0.6 is 0 Å². The summed E-state index contributed by atoms with van der Waals surface area (Å²) in [7, 11) is 1.58. The van der Waals surface area contributed by atoms with Crippen molar-refractivity contribution in [1.29, 1.82) is 0 Å². The van der Waals surface area contributed by atoms with Crippen molar-refractivity contribution in [2.45, 2.75) is 34.1 Å².